The summed E-state index contributed by atoms with van der Waals surface area (Å²) in [6.45, 7) is 0.730. The Kier molecular flexibility index (Phi) is 3.72. The third kappa shape index (κ3) is 3.04. The Hall–Kier alpha value is -1.88. The molecule has 0 spiro atoms. The van der Waals surface area contributed by atoms with Crippen LogP contribution < -0.4 is 5.32 Å². The van der Waals surface area contributed by atoms with Crippen molar-refractivity contribution in [1.29, 1.82) is 0 Å². The van der Waals surface area contributed by atoms with Crippen LogP contribution in [0, 0.1) is 0 Å². The second kappa shape index (κ2) is 5.45. The van der Waals surface area contributed by atoms with Crippen molar-refractivity contribution in [2.24, 2.45) is 0 Å². The molecule has 0 aliphatic rings. The van der Waals surface area contributed by atoms with Crippen LogP contribution in [0.2, 0.25) is 0 Å². The van der Waals surface area contributed by atoms with Gasteiger partial charge in [0.15, 0.2) is 0 Å². The first kappa shape index (κ1) is 11.6. The molecule has 2 rings (SSSR count). The molecule has 5 heteroatoms. The lowest BCUT2D eigenvalue weighted by Crippen LogP contribution is -2.05. The van der Waals surface area contributed by atoms with E-state index < -0.39 is 5.97 Å². The van der Waals surface area contributed by atoms with Crippen LogP contribution in [0.4, 0.5) is 5.69 Å². The molecular weight excluding hydrogens is 236 g/mol. The molecule has 2 heterocycles. The van der Waals surface area contributed by atoms with Crippen LogP contribution in [-0.2, 0) is 11.3 Å². The molecule has 2 aromatic rings. The number of anilines is 1. The van der Waals surface area contributed by atoms with Crippen LogP contribution in [0.25, 0.3) is 0 Å². The van der Waals surface area contributed by atoms with E-state index in [1.807, 2.05) is 11.4 Å². The van der Waals surface area contributed by atoms with Gasteiger partial charge in [0, 0.05) is 18.4 Å². The number of nitrogens with one attached hydrogen (secondary N) is 1. The molecular formula is C12H12N2O2S. The number of hydrogen-bond donors (Lipinski definition) is 1. The number of hydrogen-bond acceptors (Lipinski definition) is 5. The van der Waals surface area contributed by atoms with Gasteiger partial charge in [-0.05, 0) is 34.5 Å². The van der Waals surface area contributed by atoms with Crippen LogP contribution in [0.5, 0.6) is 0 Å². The van der Waals surface area contributed by atoms with E-state index in [2.05, 4.69) is 26.5 Å². The van der Waals surface area contributed by atoms with E-state index in [1.54, 1.807) is 23.6 Å². The van der Waals surface area contributed by atoms with Crippen molar-refractivity contribution in [3.63, 3.8) is 0 Å². The molecule has 0 radical (unpaired) electrons. The molecule has 0 atom stereocenters. The molecule has 0 saturated carbocycles. The Balaban J connectivity index is 2.03. The highest BCUT2D eigenvalue weighted by Crippen LogP contribution is 2.12. The molecule has 0 aliphatic heterocycles. The summed E-state index contributed by atoms with van der Waals surface area (Å²) in [5, 5.41) is 7.34. The summed E-state index contributed by atoms with van der Waals surface area (Å²) in [6, 6.07) is 5.55. The number of nitrogens with zero attached hydrogens (tertiary/aromatic N) is 1. The smallest absolute Gasteiger partial charge is 0.356 e. The van der Waals surface area contributed by atoms with E-state index in [0.29, 0.717) is 5.69 Å². The van der Waals surface area contributed by atoms with Crippen molar-refractivity contribution in [3.05, 3.63) is 46.4 Å². The standard InChI is InChI=1S/C12H12N2O2S/c1-16-12(15)11-6-10(2-4-13-11)14-7-9-3-5-17-8-9/h2-6,8H,7H2,1H3,(H,13,14). The van der Waals surface area contributed by atoms with E-state index in [9.17, 15) is 4.79 Å². The third-order valence-electron chi connectivity index (χ3n) is 2.23. The highest BCUT2D eigenvalue weighted by Gasteiger charge is 2.07. The Labute approximate surface area is 103 Å². The minimum absolute atomic E-state index is 0.308. The zero-order chi connectivity index (χ0) is 12.1. The molecule has 17 heavy (non-hydrogen) atoms. The molecule has 0 aliphatic carbocycles. The Bertz CT molecular complexity index is 497. The van der Waals surface area contributed by atoms with Crippen molar-refractivity contribution >= 4 is 23.0 Å². The van der Waals surface area contributed by atoms with Gasteiger partial charge in [-0.3, -0.25) is 0 Å². The highest BCUT2D eigenvalue weighted by molar-refractivity contribution is 7.07. The molecule has 0 amide bonds. The predicted molar refractivity (Wildman–Crippen MR) is 67.2 cm³/mol. The van der Waals surface area contributed by atoms with Crippen LogP contribution in [-0.4, -0.2) is 18.1 Å². The maximum absolute atomic E-state index is 11.3. The van der Waals surface area contributed by atoms with E-state index in [4.69, 9.17) is 0 Å². The highest BCUT2D eigenvalue weighted by atomic mass is 32.1. The van der Waals surface area contributed by atoms with Crippen molar-refractivity contribution in [1.82, 2.24) is 4.98 Å². The van der Waals surface area contributed by atoms with E-state index in [0.717, 1.165) is 12.2 Å². The fourth-order valence-electron chi connectivity index (χ4n) is 1.35. The van der Waals surface area contributed by atoms with Crippen molar-refractivity contribution < 1.29 is 9.53 Å². The van der Waals surface area contributed by atoms with Gasteiger partial charge in [0.05, 0.1) is 7.11 Å². The van der Waals surface area contributed by atoms with Crippen molar-refractivity contribution in [2.75, 3.05) is 12.4 Å². The minimum Gasteiger partial charge on any atom is -0.464 e. The van der Waals surface area contributed by atoms with Crippen LogP contribution in [0.3, 0.4) is 0 Å². The van der Waals surface area contributed by atoms with E-state index in [1.165, 1.54) is 12.7 Å². The topological polar surface area (TPSA) is 51.2 Å². The Morgan fingerprint density at radius 2 is 2.41 bits per heavy atom. The SMILES string of the molecule is COC(=O)c1cc(NCc2ccsc2)ccn1. The van der Waals surface area contributed by atoms with Gasteiger partial charge in [-0.2, -0.15) is 11.3 Å². The molecule has 0 fully saturated rings. The first-order valence-corrected chi connectivity index (χ1v) is 6.03. The maximum atomic E-state index is 11.3. The molecule has 0 unspecified atom stereocenters. The summed E-state index contributed by atoms with van der Waals surface area (Å²) in [7, 11) is 1.34. The van der Waals surface area contributed by atoms with Crippen molar-refractivity contribution in [3.8, 4) is 0 Å². The average Bonchev–Trinajstić information content (AvgIpc) is 2.89. The Morgan fingerprint density at radius 3 is 3.12 bits per heavy atom. The fraction of sp³-hybridized carbons (Fsp3) is 0.167. The molecule has 0 bridgehead atoms. The fourth-order valence-corrected chi connectivity index (χ4v) is 2.02. The normalized spacial score (nSPS) is 9.94. The zero-order valence-electron chi connectivity index (χ0n) is 9.34. The second-order valence-electron chi connectivity index (χ2n) is 3.41. The summed E-state index contributed by atoms with van der Waals surface area (Å²) >= 11 is 1.66. The van der Waals surface area contributed by atoms with Gasteiger partial charge >= 0.3 is 5.97 Å². The molecule has 1 N–H and O–H groups in total. The third-order valence-corrected chi connectivity index (χ3v) is 2.96. The van der Waals surface area contributed by atoms with Gasteiger partial charge in [0.1, 0.15) is 5.69 Å². The van der Waals surface area contributed by atoms with Gasteiger partial charge in [-0.15, -0.1) is 0 Å². The maximum Gasteiger partial charge on any atom is 0.356 e. The number of aromatic nitrogens is 1. The van der Waals surface area contributed by atoms with Gasteiger partial charge < -0.3 is 10.1 Å². The summed E-state index contributed by atoms with van der Waals surface area (Å²) in [5.41, 5.74) is 2.38. The first-order valence-electron chi connectivity index (χ1n) is 5.09. The van der Waals surface area contributed by atoms with E-state index in [-0.39, 0.29) is 0 Å². The van der Waals surface area contributed by atoms with Crippen LogP contribution >= 0.6 is 11.3 Å². The molecule has 4 nitrogen and oxygen atoms in total. The number of carbonyl (C=O) groups is 1. The minimum atomic E-state index is -0.427. The quantitative estimate of drug-likeness (QED) is 0.845. The predicted octanol–water partition coefficient (Wildman–Crippen LogP) is 2.54. The summed E-state index contributed by atoms with van der Waals surface area (Å²) in [6.07, 6.45) is 1.59. The lowest BCUT2D eigenvalue weighted by Gasteiger charge is -2.05. The number of esters is 1. The summed E-state index contributed by atoms with van der Waals surface area (Å²) in [4.78, 5) is 15.2. The summed E-state index contributed by atoms with van der Waals surface area (Å²) < 4.78 is 4.61. The second-order valence-corrected chi connectivity index (χ2v) is 4.19. The number of carbonyl (C=O) groups excluding carboxylic acids is 1. The van der Waals surface area contributed by atoms with Gasteiger partial charge in [0.25, 0.3) is 0 Å². The molecule has 2 aromatic heterocycles. The number of ether oxygens (including phenoxy) is 1. The van der Waals surface area contributed by atoms with E-state index >= 15 is 0 Å². The van der Waals surface area contributed by atoms with Crippen molar-refractivity contribution in [2.45, 2.75) is 6.54 Å². The molecule has 88 valence electrons. The monoisotopic (exact) mass is 248 g/mol. The van der Waals surface area contributed by atoms with Gasteiger partial charge in [-0.25, -0.2) is 9.78 Å². The molecule has 0 saturated heterocycles. The van der Waals surface area contributed by atoms with Crippen LogP contribution in [0.15, 0.2) is 35.2 Å². The van der Waals surface area contributed by atoms with Gasteiger partial charge in [0.2, 0.25) is 0 Å². The number of pyridine rings is 1. The molecule has 0 aromatic carbocycles. The largest absolute Gasteiger partial charge is 0.464 e. The lowest BCUT2D eigenvalue weighted by molar-refractivity contribution is 0.0594. The lowest BCUT2D eigenvalue weighted by atomic mass is 10.3. The number of rotatable bonds is 4. The Morgan fingerprint density at radius 1 is 1.53 bits per heavy atom. The van der Waals surface area contributed by atoms with Gasteiger partial charge in [-0.1, -0.05) is 0 Å². The zero-order valence-corrected chi connectivity index (χ0v) is 10.2. The number of thiophene rings is 1. The van der Waals surface area contributed by atoms with Crippen LogP contribution in [0.1, 0.15) is 16.1 Å². The number of methoxy groups -OCH3 is 1. The average molecular weight is 248 g/mol. The summed E-state index contributed by atoms with van der Waals surface area (Å²) in [5.74, 6) is -0.427. The first-order chi connectivity index (χ1) is 8.29.